The average molecular weight is 387 g/mol. The second-order valence-electron chi connectivity index (χ2n) is 5.97. The fourth-order valence-corrected chi connectivity index (χ4v) is 2.21. The number of ether oxygens (including phenoxy) is 1. The molecule has 3 amide bonds. The van der Waals surface area contributed by atoms with Crippen LogP contribution in [0.15, 0.2) is 16.6 Å². The van der Waals surface area contributed by atoms with Gasteiger partial charge in [-0.3, -0.25) is 10.1 Å². The lowest BCUT2D eigenvalue weighted by molar-refractivity contribution is -0.123. The van der Waals surface area contributed by atoms with Gasteiger partial charge in [0.15, 0.2) is 6.61 Å². The number of carbonyl (C=O) groups is 3. The van der Waals surface area contributed by atoms with Gasteiger partial charge in [-0.25, -0.2) is 9.59 Å². The van der Waals surface area contributed by atoms with E-state index in [1.165, 1.54) is 6.07 Å². The van der Waals surface area contributed by atoms with Crippen LogP contribution in [-0.4, -0.2) is 35.2 Å². The van der Waals surface area contributed by atoms with Crippen molar-refractivity contribution in [2.75, 3.05) is 6.61 Å². The molecule has 3 N–H and O–H groups in total. The van der Waals surface area contributed by atoms with Crippen LogP contribution in [0.1, 0.15) is 36.7 Å². The van der Waals surface area contributed by atoms with Crippen molar-refractivity contribution in [3.8, 4) is 5.75 Å². The fourth-order valence-electron chi connectivity index (χ4n) is 1.63. The summed E-state index contributed by atoms with van der Waals surface area (Å²) in [6, 6.07) is 2.39. The molecular formula is C15H19BrN2O5. The van der Waals surface area contributed by atoms with Crippen LogP contribution in [0.5, 0.6) is 5.75 Å². The fraction of sp³-hybridized carbons (Fsp3) is 0.400. The van der Waals surface area contributed by atoms with E-state index in [1.54, 1.807) is 33.8 Å². The van der Waals surface area contributed by atoms with E-state index < -0.39 is 30.1 Å². The minimum atomic E-state index is -0.863. The van der Waals surface area contributed by atoms with Crippen LogP contribution in [0.2, 0.25) is 0 Å². The molecule has 0 aliphatic heterocycles. The van der Waals surface area contributed by atoms with Crippen molar-refractivity contribution < 1.29 is 24.2 Å². The molecule has 0 radical (unpaired) electrons. The maximum Gasteiger partial charge on any atom is 0.342 e. The second kappa shape index (κ2) is 7.45. The number of nitrogens with one attached hydrogen (secondary N) is 2. The zero-order chi connectivity index (χ0) is 17.8. The molecule has 1 rings (SSSR count). The number of rotatable bonds is 3. The number of amides is 3. The van der Waals surface area contributed by atoms with Crippen molar-refractivity contribution in [2.45, 2.75) is 33.2 Å². The van der Waals surface area contributed by atoms with E-state index in [0.717, 1.165) is 5.56 Å². The third-order valence-electron chi connectivity index (χ3n) is 2.50. The smallest absolute Gasteiger partial charge is 0.342 e. The summed E-state index contributed by atoms with van der Waals surface area (Å²) in [5, 5.41) is 14.4. The number of phenols is 1. The SMILES string of the molecule is Cc1cc(Br)c(O)c(C(=O)OCC(=O)NC(=O)NC(C)(C)C)c1. The first-order valence-electron chi connectivity index (χ1n) is 6.78. The third kappa shape index (κ3) is 6.27. The molecule has 0 bridgehead atoms. The van der Waals surface area contributed by atoms with E-state index >= 15 is 0 Å². The molecule has 0 aliphatic rings. The predicted octanol–water partition coefficient (Wildman–Crippen LogP) is 2.24. The lowest BCUT2D eigenvalue weighted by Gasteiger charge is -2.20. The van der Waals surface area contributed by atoms with Gasteiger partial charge in [0.25, 0.3) is 5.91 Å². The maximum atomic E-state index is 11.9. The van der Waals surface area contributed by atoms with Gasteiger partial charge in [0.2, 0.25) is 0 Å². The van der Waals surface area contributed by atoms with Crippen LogP contribution in [0.3, 0.4) is 0 Å². The largest absolute Gasteiger partial charge is 0.506 e. The number of aromatic hydroxyl groups is 1. The standard InChI is InChI=1S/C15H19BrN2O5/c1-8-5-9(12(20)10(16)6-8)13(21)23-7-11(19)17-14(22)18-15(2,3)4/h5-6,20H,7H2,1-4H3,(H2,17,18,19,22). The summed E-state index contributed by atoms with van der Waals surface area (Å²) in [6.45, 7) is 6.38. The lowest BCUT2D eigenvalue weighted by atomic mass is 10.1. The molecule has 0 aliphatic carbocycles. The van der Waals surface area contributed by atoms with E-state index in [0.29, 0.717) is 4.47 Å². The topological polar surface area (TPSA) is 105 Å². The summed E-state index contributed by atoms with van der Waals surface area (Å²) in [5.74, 6) is -1.91. The number of benzene rings is 1. The number of imide groups is 1. The Balaban J connectivity index is 2.60. The van der Waals surface area contributed by atoms with Crippen molar-refractivity contribution in [1.29, 1.82) is 0 Å². The molecule has 0 heterocycles. The molecule has 8 heteroatoms. The van der Waals surface area contributed by atoms with Crippen LogP contribution in [0.4, 0.5) is 4.79 Å². The van der Waals surface area contributed by atoms with Gasteiger partial charge in [-0.1, -0.05) is 0 Å². The molecule has 0 unspecified atom stereocenters. The Kier molecular flexibility index (Phi) is 6.14. The van der Waals surface area contributed by atoms with Gasteiger partial charge in [0.1, 0.15) is 11.3 Å². The Morgan fingerprint density at radius 2 is 1.87 bits per heavy atom. The van der Waals surface area contributed by atoms with Gasteiger partial charge < -0.3 is 15.2 Å². The van der Waals surface area contributed by atoms with Gasteiger partial charge >= 0.3 is 12.0 Å². The van der Waals surface area contributed by atoms with Gasteiger partial charge in [-0.05, 0) is 61.3 Å². The Morgan fingerprint density at radius 1 is 1.26 bits per heavy atom. The molecule has 0 spiro atoms. The number of hydrogen-bond donors (Lipinski definition) is 3. The minimum absolute atomic E-state index is 0.0659. The van der Waals surface area contributed by atoms with Crippen LogP contribution in [0.25, 0.3) is 0 Å². The minimum Gasteiger partial charge on any atom is -0.506 e. The van der Waals surface area contributed by atoms with Gasteiger partial charge in [0.05, 0.1) is 4.47 Å². The first-order chi connectivity index (χ1) is 10.5. The number of halogens is 1. The number of aryl methyl sites for hydroxylation is 1. The maximum absolute atomic E-state index is 11.9. The molecule has 0 aromatic heterocycles. The summed E-state index contributed by atoms with van der Waals surface area (Å²) in [7, 11) is 0. The summed E-state index contributed by atoms with van der Waals surface area (Å²) < 4.78 is 5.15. The quantitative estimate of drug-likeness (QED) is 0.690. The van der Waals surface area contributed by atoms with Crippen LogP contribution in [0, 0.1) is 6.92 Å². The molecule has 126 valence electrons. The summed E-state index contributed by atoms with van der Waals surface area (Å²) in [5.41, 5.74) is 0.167. The molecule has 0 fully saturated rings. The summed E-state index contributed by atoms with van der Waals surface area (Å²) in [4.78, 5) is 35.0. The number of phenolic OH excluding ortho intramolecular Hbond substituents is 1. The summed E-state index contributed by atoms with van der Waals surface area (Å²) >= 11 is 3.12. The highest BCUT2D eigenvalue weighted by Crippen LogP contribution is 2.29. The van der Waals surface area contributed by atoms with Crippen molar-refractivity contribution in [1.82, 2.24) is 10.6 Å². The monoisotopic (exact) mass is 386 g/mol. The highest BCUT2D eigenvalue weighted by atomic mass is 79.9. The van der Waals surface area contributed by atoms with Crippen molar-refractivity contribution in [3.05, 3.63) is 27.7 Å². The average Bonchev–Trinajstić information content (AvgIpc) is 2.37. The predicted molar refractivity (Wildman–Crippen MR) is 87.3 cm³/mol. The molecule has 0 saturated heterocycles. The van der Waals surface area contributed by atoms with E-state index in [9.17, 15) is 19.5 Å². The van der Waals surface area contributed by atoms with Gasteiger partial charge in [-0.2, -0.15) is 0 Å². The highest BCUT2D eigenvalue weighted by Gasteiger charge is 2.19. The van der Waals surface area contributed by atoms with Crippen molar-refractivity contribution in [2.24, 2.45) is 0 Å². The van der Waals surface area contributed by atoms with E-state index in [2.05, 4.69) is 21.2 Å². The van der Waals surface area contributed by atoms with Crippen LogP contribution in [-0.2, 0) is 9.53 Å². The van der Waals surface area contributed by atoms with E-state index in [4.69, 9.17) is 4.74 Å². The second-order valence-corrected chi connectivity index (χ2v) is 6.83. The van der Waals surface area contributed by atoms with Gasteiger partial charge in [0, 0.05) is 5.54 Å². The van der Waals surface area contributed by atoms with Crippen LogP contribution >= 0.6 is 15.9 Å². The van der Waals surface area contributed by atoms with Crippen LogP contribution < -0.4 is 10.6 Å². The van der Waals surface area contributed by atoms with Gasteiger partial charge in [-0.15, -0.1) is 0 Å². The highest BCUT2D eigenvalue weighted by molar-refractivity contribution is 9.10. The molecule has 23 heavy (non-hydrogen) atoms. The summed E-state index contributed by atoms with van der Waals surface area (Å²) in [6.07, 6.45) is 0. The zero-order valence-electron chi connectivity index (χ0n) is 13.3. The number of esters is 1. The number of carbonyl (C=O) groups excluding carboxylic acids is 3. The molecule has 0 saturated carbocycles. The van der Waals surface area contributed by atoms with Crippen molar-refractivity contribution >= 4 is 33.8 Å². The Morgan fingerprint density at radius 3 is 2.43 bits per heavy atom. The molecule has 1 aromatic rings. The first kappa shape index (κ1) is 19.0. The Bertz CT molecular complexity index is 637. The normalized spacial score (nSPS) is 10.8. The molecular weight excluding hydrogens is 368 g/mol. The van der Waals surface area contributed by atoms with Crippen molar-refractivity contribution in [3.63, 3.8) is 0 Å². The van der Waals surface area contributed by atoms with E-state index in [-0.39, 0.29) is 11.3 Å². The lowest BCUT2D eigenvalue weighted by Crippen LogP contribution is -2.49. The molecule has 7 nitrogen and oxygen atoms in total. The molecule has 0 atom stereocenters. The molecule has 1 aromatic carbocycles. The Hall–Kier alpha value is -2.09. The van der Waals surface area contributed by atoms with E-state index in [1.807, 2.05) is 5.32 Å². The zero-order valence-corrected chi connectivity index (χ0v) is 14.9. The third-order valence-corrected chi connectivity index (χ3v) is 3.11. The number of hydrogen-bond acceptors (Lipinski definition) is 5. The Labute approximate surface area is 142 Å². The first-order valence-corrected chi connectivity index (χ1v) is 7.57. The number of urea groups is 1.